The molecule has 0 heterocycles. The molecule has 0 saturated heterocycles. The Morgan fingerprint density at radius 3 is 2.35 bits per heavy atom. The standard InChI is InChI=1S/C11H10Br2O4/c1-5(12)9(14)7-3-2-6(4-8(7)13)10(15)11(16)17/h2-5,10,15H,1H3,(H,16,17). The van der Waals surface area contributed by atoms with Crippen LogP contribution in [0.25, 0.3) is 0 Å². The second-order valence-electron chi connectivity index (χ2n) is 3.46. The molecule has 0 bridgehead atoms. The Hall–Kier alpha value is -0.720. The molecule has 0 aromatic heterocycles. The molecule has 2 atom stereocenters. The van der Waals surface area contributed by atoms with Crippen LogP contribution in [0, 0.1) is 0 Å². The number of Topliss-reactive ketones (excluding diaryl/α,β-unsaturated/α-hetero) is 1. The smallest absolute Gasteiger partial charge is 0.337 e. The molecule has 0 aliphatic rings. The lowest BCUT2D eigenvalue weighted by molar-refractivity contribution is -0.146. The van der Waals surface area contributed by atoms with Gasteiger partial charge in [0.2, 0.25) is 0 Å². The number of aliphatic carboxylic acids is 1. The summed E-state index contributed by atoms with van der Waals surface area (Å²) < 4.78 is 0.464. The highest BCUT2D eigenvalue weighted by atomic mass is 79.9. The maximum absolute atomic E-state index is 11.7. The Labute approximate surface area is 115 Å². The second-order valence-corrected chi connectivity index (χ2v) is 5.69. The molecule has 2 N–H and O–H groups in total. The highest BCUT2D eigenvalue weighted by Gasteiger charge is 2.20. The van der Waals surface area contributed by atoms with Crippen molar-refractivity contribution in [3.63, 3.8) is 0 Å². The molecule has 0 fully saturated rings. The van der Waals surface area contributed by atoms with Crippen LogP contribution < -0.4 is 0 Å². The van der Waals surface area contributed by atoms with Gasteiger partial charge in [-0.3, -0.25) is 4.79 Å². The SMILES string of the molecule is CC(Br)C(=O)c1ccc(C(O)C(=O)O)cc1Br. The summed E-state index contributed by atoms with van der Waals surface area (Å²) in [6, 6.07) is 4.35. The number of carboxylic acids is 1. The van der Waals surface area contributed by atoms with E-state index in [1.54, 1.807) is 6.92 Å². The molecule has 4 nitrogen and oxygen atoms in total. The first-order chi connectivity index (χ1) is 7.84. The van der Waals surface area contributed by atoms with Gasteiger partial charge in [0.05, 0.1) is 4.83 Å². The van der Waals surface area contributed by atoms with Crippen LogP contribution in [0.15, 0.2) is 22.7 Å². The van der Waals surface area contributed by atoms with Crippen LogP contribution in [0.3, 0.4) is 0 Å². The van der Waals surface area contributed by atoms with Gasteiger partial charge in [0.15, 0.2) is 11.9 Å². The molecule has 6 heteroatoms. The number of benzene rings is 1. The average molecular weight is 366 g/mol. The zero-order valence-electron chi connectivity index (χ0n) is 8.85. The van der Waals surface area contributed by atoms with Crippen LogP contribution in [0.4, 0.5) is 0 Å². The minimum atomic E-state index is -1.59. The number of carbonyl (C=O) groups is 2. The van der Waals surface area contributed by atoms with Crippen molar-refractivity contribution in [3.05, 3.63) is 33.8 Å². The van der Waals surface area contributed by atoms with Crippen LogP contribution in [-0.4, -0.2) is 26.8 Å². The summed E-state index contributed by atoms with van der Waals surface area (Å²) in [4.78, 5) is 22.0. The number of ketones is 1. The Morgan fingerprint density at radius 2 is 1.94 bits per heavy atom. The minimum Gasteiger partial charge on any atom is -0.479 e. The maximum atomic E-state index is 11.7. The molecule has 0 aliphatic heterocycles. The first kappa shape index (κ1) is 14.3. The summed E-state index contributed by atoms with van der Waals surface area (Å²) in [7, 11) is 0. The van der Waals surface area contributed by atoms with Gasteiger partial charge in [0.25, 0.3) is 0 Å². The normalized spacial score (nSPS) is 14.1. The Balaban J connectivity index is 3.10. The van der Waals surface area contributed by atoms with Gasteiger partial charge in [0, 0.05) is 10.0 Å². The largest absolute Gasteiger partial charge is 0.479 e. The number of rotatable bonds is 4. The van der Waals surface area contributed by atoms with Crippen molar-refractivity contribution < 1.29 is 19.8 Å². The molecular formula is C11H10Br2O4. The first-order valence-corrected chi connectivity index (χ1v) is 6.44. The van der Waals surface area contributed by atoms with E-state index < -0.39 is 12.1 Å². The van der Waals surface area contributed by atoms with E-state index in [2.05, 4.69) is 31.9 Å². The number of hydrogen-bond acceptors (Lipinski definition) is 3. The van der Waals surface area contributed by atoms with Crippen LogP contribution >= 0.6 is 31.9 Å². The number of alkyl halides is 1. The molecule has 1 rings (SSSR count). The van der Waals surface area contributed by atoms with Crippen molar-refractivity contribution in [2.24, 2.45) is 0 Å². The number of aliphatic hydroxyl groups is 1. The van der Waals surface area contributed by atoms with Crippen LogP contribution in [0.2, 0.25) is 0 Å². The predicted octanol–water partition coefficient (Wildman–Crippen LogP) is 2.53. The number of carbonyl (C=O) groups excluding carboxylic acids is 1. The number of hydrogen-bond donors (Lipinski definition) is 2. The summed E-state index contributed by atoms with van der Waals surface area (Å²) in [6.07, 6.45) is -1.59. The monoisotopic (exact) mass is 364 g/mol. The lowest BCUT2D eigenvalue weighted by Gasteiger charge is -2.10. The van der Waals surface area contributed by atoms with Crippen LogP contribution in [0.5, 0.6) is 0 Å². The molecule has 1 aromatic carbocycles. The maximum Gasteiger partial charge on any atom is 0.337 e. The molecule has 0 aliphatic carbocycles. The van der Waals surface area contributed by atoms with Gasteiger partial charge >= 0.3 is 5.97 Å². The fourth-order valence-corrected chi connectivity index (χ4v) is 2.10. The summed E-state index contributed by atoms with van der Waals surface area (Å²) in [5.74, 6) is -1.45. The summed E-state index contributed by atoms with van der Waals surface area (Å²) in [5.41, 5.74) is 0.666. The molecule has 17 heavy (non-hydrogen) atoms. The number of aliphatic hydroxyl groups excluding tert-OH is 1. The predicted molar refractivity (Wildman–Crippen MR) is 69.5 cm³/mol. The molecule has 92 valence electrons. The third-order valence-corrected chi connectivity index (χ3v) is 3.24. The Bertz CT molecular complexity index is 457. The van der Waals surface area contributed by atoms with Crippen molar-refractivity contribution in [2.45, 2.75) is 17.9 Å². The zero-order chi connectivity index (χ0) is 13.2. The van der Waals surface area contributed by atoms with Crippen molar-refractivity contribution in [2.75, 3.05) is 0 Å². The van der Waals surface area contributed by atoms with Gasteiger partial charge in [-0.1, -0.05) is 37.9 Å². The van der Waals surface area contributed by atoms with Crippen molar-refractivity contribution in [1.82, 2.24) is 0 Å². The van der Waals surface area contributed by atoms with Gasteiger partial charge < -0.3 is 10.2 Å². The van der Waals surface area contributed by atoms with Crippen molar-refractivity contribution in [1.29, 1.82) is 0 Å². The van der Waals surface area contributed by atoms with Gasteiger partial charge in [-0.05, 0) is 24.6 Å². The lowest BCUT2D eigenvalue weighted by atomic mass is 10.0. The quantitative estimate of drug-likeness (QED) is 0.635. The van der Waals surface area contributed by atoms with Crippen molar-refractivity contribution in [3.8, 4) is 0 Å². The van der Waals surface area contributed by atoms with E-state index in [0.29, 0.717) is 10.0 Å². The van der Waals surface area contributed by atoms with E-state index in [9.17, 15) is 14.7 Å². The van der Waals surface area contributed by atoms with Crippen LogP contribution in [-0.2, 0) is 4.79 Å². The fourth-order valence-electron chi connectivity index (χ4n) is 1.26. The third kappa shape index (κ3) is 3.37. The topological polar surface area (TPSA) is 74.6 Å². The number of carboxylic acid groups (broad SMARTS) is 1. The molecule has 0 saturated carbocycles. The molecule has 0 spiro atoms. The van der Waals surface area contributed by atoms with Gasteiger partial charge in [-0.2, -0.15) is 0 Å². The number of halogens is 2. The van der Waals surface area contributed by atoms with Crippen LogP contribution in [0.1, 0.15) is 28.9 Å². The Morgan fingerprint density at radius 1 is 1.35 bits per heavy atom. The third-order valence-electron chi connectivity index (χ3n) is 2.17. The van der Waals surface area contributed by atoms with E-state index in [-0.39, 0.29) is 16.2 Å². The summed E-state index contributed by atoms with van der Waals surface area (Å²) >= 11 is 6.36. The fraction of sp³-hybridized carbons (Fsp3) is 0.273. The molecule has 2 unspecified atom stereocenters. The van der Waals surface area contributed by atoms with Gasteiger partial charge in [-0.25, -0.2) is 4.79 Å². The van der Waals surface area contributed by atoms with E-state index in [4.69, 9.17) is 5.11 Å². The second kappa shape index (κ2) is 5.75. The lowest BCUT2D eigenvalue weighted by Crippen LogP contribution is -2.13. The summed E-state index contributed by atoms with van der Waals surface area (Å²) in [6.45, 7) is 1.70. The first-order valence-electron chi connectivity index (χ1n) is 4.73. The Kier molecular flexibility index (Phi) is 4.85. The van der Waals surface area contributed by atoms with E-state index in [0.717, 1.165) is 0 Å². The molecular weight excluding hydrogens is 356 g/mol. The average Bonchev–Trinajstić information content (AvgIpc) is 2.26. The minimum absolute atomic E-state index is 0.117. The molecule has 0 radical (unpaired) electrons. The molecule has 0 amide bonds. The molecule has 1 aromatic rings. The van der Waals surface area contributed by atoms with Gasteiger partial charge in [0.1, 0.15) is 0 Å². The highest BCUT2D eigenvalue weighted by Crippen LogP contribution is 2.25. The van der Waals surface area contributed by atoms with Gasteiger partial charge in [-0.15, -0.1) is 0 Å². The van der Waals surface area contributed by atoms with E-state index in [1.165, 1.54) is 18.2 Å². The highest BCUT2D eigenvalue weighted by molar-refractivity contribution is 9.10. The van der Waals surface area contributed by atoms with E-state index >= 15 is 0 Å². The summed E-state index contributed by atoms with van der Waals surface area (Å²) in [5, 5.41) is 18.0. The zero-order valence-corrected chi connectivity index (χ0v) is 12.0. The van der Waals surface area contributed by atoms with E-state index in [1.807, 2.05) is 0 Å². The van der Waals surface area contributed by atoms with Crippen molar-refractivity contribution >= 4 is 43.6 Å².